The number of carboxylic acids is 2. The Bertz CT molecular complexity index is 1560. The van der Waals surface area contributed by atoms with Crippen molar-refractivity contribution < 1.29 is 29.4 Å². The van der Waals surface area contributed by atoms with Crippen LogP contribution in [0.1, 0.15) is 42.3 Å². The highest BCUT2D eigenvalue weighted by atomic mass is 35.5. The summed E-state index contributed by atoms with van der Waals surface area (Å²) in [7, 11) is 0. The lowest BCUT2D eigenvalue weighted by Gasteiger charge is -2.27. The second-order valence-electron chi connectivity index (χ2n) is 8.12. The molecule has 2 N–H and O–H groups in total. The molecule has 1 aliphatic rings. The summed E-state index contributed by atoms with van der Waals surface area (Å²) in [6, 6.07) is 17.9. The highest BCUT2D eigenvalue weighted by molar-refractivity contribution is 6.33. The molecule has 0 bridgehead atoms. The number of anilines is 1. The molecule has 0 fully saturated rings. The summed E-state index contributed by atoms with van der Waals surface area (Å²) >= 11 is 6.23. The molecule has 0 spiro atoms. The molecule has 0 saturated heterocycles. The van der Waals surface area contributed by atoms with Gasteiger partial charge in [0.05, 0.1) is 23.2 Å². The Hall–Kier alpha value is -4.43. The minimum absolute atomic E-state index is 0.0460. The Balaban J connectivity index is 1.74. The predicted molar refractivity (Wildman–Crippen MR) is 128 cm³/mol. The number of amides is 2. The minimum Gasteiger partial charge on any atom is -0.478 e. The van der Waals surface area contributed by atoms with Crippen molar-refractivity contribution >= 4 is 51.9 Å². The molecule has 9 heteroatoms. The molecule has 1 aromatic heterocycles. The first-order valence-corrected chi connectivity index (χ1v) is 11.0. The van der Waals surface area contributed by atoms with Gasteiger partial charge in [0.1, 0.15) is 0 Å². The fourth-order valence-corrected chi connectivity index (χ4v) is 4.64. The van der Waals surface area contributed by atoms with Crippen molar-refractivity contribution in [2.75, 3.05) is 4.90 Å². The van der Waals surface area contributed by atoms with E-state index in [0.717, 1.165) is 10.5 Å². The third-order valence-electron chi connectivity index (χ3n) is 5.99. The number of nitrogens with zero attached hydrogens (tertiary/aromatic N) is 2. The molecule has 2 amide bonds. The smallest absolute Gasteiger partial charge is 0.354 e. The van der Waals surface area contributed by atoms with Crippen LogP contribution >= 0.6 is 11.6 Å². The Labute approximate surface area is 203 Å². The molecular weight excluding hydrogens is 472 g/mol. The molecule has 35 heavy (non-hydrogen) atoms. The number of carbonyl (C=O) groups excluding carboxylic acids is 2. The molecule has 3 aromatic carbocycles. The molecule has 2 heterocycles. The van der Waals surface area contributed by atoms with Crippen LogP contribution in [0.5, 0.6) is 0 Å². The van der Waals surface area contributed by atoms with Crippen LogP contribution in [0.4, 0.5) is 5.69 Å². The van der Waals surface area contributed by atoms with Crippen LogP contribution in [0.2, 0.25) is 5.02 Å². The van der Waals surface area contributed by atoms with Crippen LogP contribution < -0.4 is 4.90 Å². The van der Waals surface area contributed by atoms with Gasteiger partial charge in [-0.15, -0.1) is 0 Å². The number of benzene rings is 3. The monoisotopic (exact) mass is 488 g/mol. The van der Waals surface area contributed by atoms with E-state index in [2.05, 4.69) is 0 Å². The van der Waals surface area contributed by atoms with Gasteiger partial charge in [-0.25, -0.2) is 14.5 Å². The summed E-state index contributed by atoms with van der Waals surface area (Å²) < 4.78 is 1.54. The SMILES string of the molecule is O=C(O)c1ccc2c(c1)CC(=O)N(c1c(C(=O)O)n(Cc3ccccc3)c3ccc(Cl)cc13)C2=O. The van der Waals surface area contributed by atoms with Gasteiger partial charge < -0.3 is 14.8 Å². The van der Waals surface area contributed by atoms with Gasteiger partial charge >= 0.3 is 11.9 Å². The zero-order chi connectivity index (χ0) is 24.9. The maximum atomic E-state index is 13.5. The van der Waals surface area contributed by atoms with Crippen LogP contribution in [-0.2, 0) is 17.8 Å². The maximum Gasteiger partial charge on any atom is 0.354 e. The van der Waals surface area contributed by atoms with Crippen LogP contribution in [0.25, 0.3) is 10.9 Å². The highest BCUT2D eigenvalue weighted by Gasteiger charge is 2.38. The van der Waals surface area contributed by atoms with Gasteiger partial charge in [0, 0.05) is 22.5 Å². The average Bonchev–Trinajstić information content (AvgIpc) is 3.12. The van der Waals surface area contributed by atoms with Crippen molar-refractivity contribution in [1.29, 1.82) is 0 Å². The van der Waals surface area contributed by atoms with Gasteiger partial charge in [-0.1, -0.05) is 41.9 Å². The summed E-state index contributed by atoms with van der Waals surface area (Å²) in [6.45, 7) is 0.190. The van der Waals surface area contributed by atoms with E-state index in [4.69, 9.17) is 11.6 Å². The maximum absolute atomic E-state index is 13.5. The second-order valence-corrected chi connectivity index (χ2v) is 8.56. The number of fused-ring (bicyclic) bond motifs is 2. The molecule has 1 aliphatic heterocycles. The summed E-state index contributed by atoms with van der Waals surface area (Å²) in [4.78, 5) is 51.5. The van der Waals surface area contributed by atoms with Gasteiger partial charge in [-0.3, -0.25) is 9.59 Å². The van der Waals surface area contributed by atoms with E-state index in [0.29, 0.717) is 15.9 Å². The Morgan fingerprint density at radius 1 is 0.914 bits per heavy atom. The summed E-state index contributed by atoms with van der Waals surface area (Å²) in [5.41, 5.74) is 1.41. The van der Waals surface area contributed by atoms with E-state index in [1.54, 1.807) is 16.7 Å². The first-order chi connectivity index (χ1) is 16.8. The van der Waals surface area contributed by atoms with Gasteiger partial charge in [-0.05, 0) is 47.5 Å². The van der Waals surface area contributed by atoms with Crippen LogP contribution in [0.15, 0.2) is 66.7 Å². The molecule has 5 rings (SSSR count). The normalized spacial score (nSPS) is 13.2. The van der Waals surface area contributed by atoms with E-state index < -0.39 is 23.8 Å². The molecule has 174 valence electrons. The third kappa shape index (κ3) is 3.74. The molecule has 0 unspecified atom stereocenters. The van der Waals surface area contributed by atoms with Crippen molar-refractivity contribution in [1.82, 2.24) is 4.57 Å². The lowest BCUT2D eigenvalue weighted by atomic mass is 9.95. The Kier molecular flexibility index (Phi) is 5.37. The number of aromatic carboxylic acids is 2. The van der Waals surface area contributed by atoms with Gasteiger partial charge in [0.15, 0.2) is 5.69 Å². The van der Waals surface area contributed by atoms with E-state index in [9.17, 15) is 29.4 Å². The molecule has 0 radical (unpaired) electrons. The summed E-state index contributed by atoms with van der Waals surface area (Å²) in [5.74, 6) is -3.88. The number of carboxylic acid groups (broad SMARTS) is 2. The van der Waals surface area contributed by atoms with Gasteiger partial charge in [-0.2, -0.15) is 0 Å². The fourth-order valence-electron chi connectivity index (χ4n) is 4.47. The highest BCUT2D eigenvalue weighted by Crippen LogP contribution is 2.39. The zero-order valence-corrected chi connectivity index (χ0v) is 18.8. The lowest BCUT2D eigenvalue weighted by Crippen LogP contribution is -2.43. The van der Waals surface area contributed by atoms with Crippen molar-refractivity contribution in [2.45, 2.75) is 13.0 Å². The standard InChI is InChI=1S/C26H17ClN2O6/c27-17-7-9-20-19(12-17)22(23(26(34)35)28(20)13-14-4-2-1-3-5-14)29-21(30)11-16-10-15(25(32)33)6-8-18(16)24(29)31/h1-10,12H,11,13H2,(H,32,33)(H,34,35). The number of aromatic nitrogens is 1. The van der Waals surface area contributed by atoms with Crippen molar-refractivity contribution in [2.24, 2.45) is 0 Å². The summed E-state index contributed by atoms with van der Waals surface area (Å²) in [5, 5.41) is 20.1. The number of hydrogen-bond acceptors (Lipinski definition) is 4. The molecule has 0 atom stereocenters. The number of rotatable bonds is 5. The topological polar surface area (TPSA) is 117 Å². The lowest BCUT2D eigenvalue weighted by molar-refractivity contribution is -0.117. The molecule has 0 aliphatic carbocycles. The van der Waals surface area contributed by atoms with Gasteiger partial charge in [0.25, 0.3) is 5.91 Å². The molecular formula is C26H17ClN2O6. The van der Waals surface area contributed by atoms with Crippen molar-refractivity contribution in [3.05, 3.63) is 99.7 Å². The number of halogens is 1. The van der Waals surface area contributed by atoms with E-state index in [1.165, 1.54) is 24.3 Å². The minimum atomic E-state index is -1.31. The van der Waals surface area contributed by atoms with Crippen LogP contribution in [0.3, 0.4) is 0 Å². The zero-order valence-electron chi connectivity index (χ0n) is 18.1. The first-order valence-electron chi connectivity index (χ1n) is 10.6. The van der Waals surface area contributed by atoms with Crippen LogP contribution in [0, 0.1) is 0 Å². The average molecular weight is 489 g/mol. The first kappa shape index (κ1) is 22.4. The largest absolute Gasteiger partial charge is 0.478 e. The second kappa shape index (κ2) is 8.41. The molecule has 4 aromatic rings. The Morgan fingerprint density at radius 3 is 2.34 bits per heavy atom. The number of hydrogen-bond donors (Lipinski definition) is 2. The molecule has 0 saturated carbocycles. The Morgan fingerprint density at radius 2 is 1.66 bits per heavy atom. The predicted octanol–water partition coefficient (Wildman–Crippen LogP) is 4.47. The number of carbonyl (C=O) groups is 4. The van der Waals surface area contributed by atoms with Gasteiger partial charge in [0.2, 0.25) is 5.91 Å². The third-order valence-corrected chi connectivity index (χ3v) is 6.22. The molecule has 8 nitrogen and oxygen atoms in total. The summed E-state index contributed by atoms with van der Waals surface area (Å²) in [6.07, 6.45) is -0.257. The fraction of sp³-hybridized carbons (Fsp3) is 0.0769. The van der Waals surface area contributed by atoms with Crippen molar-refractivity contribution in [3.8, 4) is 0 Å². The van der Waals surface area contributed by atoms with Crippen LogP contribution in [-0.4, -0.2) is 38.5 Å². The van der Waals surface area contributed by atoms with E-state index >= 15 is 0 Å². The quantitative estimate of drug-likeness (QED) is 0.400. The number of imide groups is 1. The van der Waals surface area contributed by atoms with Crippen molar-refractivity contribution in [3.63, 3.8) is 0 Å². The van der Waals surface area contributed by atoms with E-state index in [1.807, 2.05) is 30.3 Å². The van der Waals surface area contributed by atoms with E-state index in [-0.39, 0.29) is 41.0 Å².